The van der Waals surface area contributed by atoms with Crippen molar-refractivity contribution in [2.75, 3.05) is 0 Å². The van der Waals surface area contributed by atoms with E-state index in [1.807, 2.05) is 36.0 Å². The zero-order chi connectivity index (χ0) is 14.5. The van der Waals surface area contributed by atoms with Crippen molar-refractivity contribution in [3.63, 3.8) is 0 Å². The first-order valence-electron chi connectivity index (χ1n) is 6.90. The van der Waals surface area contributed by atoms with Crippen LogP contribution in [0.4, 0.5) is 0 Å². The molecule has 4 heteroatoms. The van der Waals surface area contributed by atoms with Gasteiger partial charge in [0.15, 0.2) is 0 Å². The van der Waals surface area contributed by atoms with Gasteiger partial charge < -0.3 is 4.74 Å². The molecule has 0 amide bonds. The van der Waals surface area contributed by atoms with Gasteiger partial charge in [-0.3, -0.25) is 9.67 Å². The lowest BCUT2D eigenvalue weighted by atomic mass is 10.1. The molecule has 0 N–H and O–H groups in total. The minimum atomic E-state index is 0.561. The average Bonchev–Trinajstić information content (AvgIpc) is 3.00. The van der Waals surface area contributed by atoms with Gasteiger partial charge in [0, 0.05) is 30.4 Å². The van der Waals surface area contributed by atoms with Crippen molar-refractivity contribution in [1.29, 1.82) is 0 Å². The highest BCUT2D eigenvalue weighted by molar-refractivity contribution is 5.25. The first kappa shape index (κ1) is 13.4. The summed E-state index contributed by atoms with van der Waals surface area (Å²) in [5, 5.41) is 4.20. The molecule has 21 heavy (non-hydrogen) atoms. The molecular weight excluding hydrogens is 262 g/mol. The van der Waals surface area contributed by atoms with E-state index in [0.29, 0.717) is 6.61 Å². The molecule has 0 saturated carbocycles. The predicted octanol–water partition coefficient (Wildman–Crippen LogP) is 3.21. The Morgan fingerprint density at radius 3 is 2.57 bits per heavy atom. The SMILES string of the molecule is Cc1cc(OCc2ccc(Cn3cccn3)cc2)ccn1. The van der Waals surface area contributed by atoms with Gasteiger partial charge in [-0.25, -0.2) is 0 Å². The second-order valence-corrected chi connectivity index (χ2v) is 4.94. The third kappa shape index (κ3) is 3.69. The summed E-state index contributed by atoms with van der Waals surface area (Å²) in [4.78, 5) is 4.15. The van der Waals surface area contributed by atoms with Crippen molar-refractivity contribution >= 4 is 0 Å². The summed E-state index contributed by atoms with van der Waals surface area (Å²) in [6, 6.07) is 14.1. The maximum Gasteiger partial charge on any atom is 0.123 e. The molecule has 3 rings (SSSR count). The van der Waals surface area contributed by atoms with Crippen LogP contribution in [-0.2, 0) is 13.2 Å². The normalized spacial score (nSPS) is 10.5. The van der Waals surface area contributed by atoms with Crippen molar-refractivity contribution in [3.05, 3.63) is 77.9 Å². The highest BCUT2D eigenvalue weighted by atomic mass is 16.5. The predicted molar refractivity (Wildman–Crippen MR) is 81.1 cm³/mol. The molecule has 0 radical (unpaired) electrons. The fourth-order valence-electron chi connectivity index (χ4n) is 2.10. The second-order valence-electron chi connectivity index (χ2n) is 4.94. The number of pyridine rings is 1. The zero-order valence-electron chi connectivity index (χ0n) is 11.9. The maximum absolute atomic E-state index is 5.76. The molecule has 0 saturated heterocycles. The Hall–Kier alpha value is -2.62. The quantitative estimate of drug-likeness (QED) is 0.720. The van der Waals surface area contributed by atoms with Crippen LogP contribution < -0.4 is 4.74 Å². The van der Waals surface area contributed by atoms with Crippen LogP contribution in [0.15, 0.2) is 61.1 Å². The maximum atomic E-state index is 5.76. The van der Waals surface area contributed by atoms with Gasteiger partial charge in [-0.05, 0) is 30.2 Å². The van der Waals surface area contributed by atoms with E-state index in [-0.39, 0.29) is 0 Å². The third-order valence-corrected chi connectivity index (χ3v) is 3.20. The summed E-state index contributed by atoms with van der Waals surface area (Å²) in [5.74, 6) is 0.850. The van der Waals surface area contributed by atoms with Crippen molar-refractivity contribution in [2.24, 2.45) is 0 Å². The molecule has 0 unspecified atom stereocenters. The lowest BCUT2D eigenvalue weighted by Gasteiger charge is -2.08. The fraction of sp³-hybridized carbons (Fsp3) is 0.176. The van der Waals surface area contributed by atoms with Crippen molar-refractivity contribution in [2.45, 2.75) is 20.1 Å². The molecule has 3 aromatic rings. The first-order chi connectivity index (χ1) is 10.3. The minimum Gasteiger partial charge on any atom is -0.489 e. The molecule has 0 aliphatic heterocycles. The van der Waals surface area contributed by atoms with Gasteiger partial charge in [-0.1, -0.05) is 24.3 Å². The Labute approximate surface area is 124 Å². The molecule has 0 bridgehead atoms. The summed E-state index contributed by atoms with van der Waals surface area (Å²) < 4.78 is 7.67. The molecule has 4 nitrogen and oxygen atoms in total. The number of aryl methyl sites for hydroxylation is 1. The number of rotatable bonds is 5. The summed E-state index contributed by atoms with van der Waals surface area (Å²) in [5.41, 5.74) is 3.33. The average molecular weight is 279 g/mol. The lowest BCUT2D eigenvalue weighted by molar-refractivity contribution is 0.305. The third-order valence-electron chi connectivity index (χ3n) is 3.20. The van der Waals surface area contributed by atoms with Gasteiger partial charge in [0.25, 0.3) is 0 Å². The Morgan fingerprint density at radius 2 is 1.86 bits per heavy atom. The molecule has 0 atom stereocenters. The standard InChI is InChI=1S/C17H17N3O/c1-14-11-17(7-9-18-14)21-13-16-5-3-15(4-6-16)12-20-10-2-8-19-20/h2-11H,12-13H2,1H3. The van der Waals surface area contributed by atoms with Crippen LogP contribution in [0, 0.1) is 6.92 Å². The van der Waals surface area contributed by atoms with Crippen LogP contribution in [0.2, 0.25) is 0 Å². The van der Waals surface area contributed by atoms with E-state index in [4.69, 9.17) is 4.74 Å². The highest BCUT2D eigenvalue weighted by Crippen LogP contribution is 2.13. The Balaban J connectivity index is 1.59. The molecule has 2 heterocycles. The van der Waals surface area contributed by atoms with Gasteiger partial charge in [-0.15, -0.1) is 0 Å². The van der Waals surface area contributed by atoms with Crippen molar-refractivity contribution < 1.29 is 4.74 Å². The van der Waals surface area contributed by atoms with Gasteiger partial charge in [0.1, 0.15) is 12.4 Å². The number of aromatic nitrogens is 3. The van der Waals surface area contributed by atoms with Crippen LogP contribution in [0.3, 0.4) is 0 Å². The van der Waals surface area contributed by atoms with Crippen LogP contribution in [0.25, 0.3) is 0 Å². The Bertz CT molecular complexity index is 690. The van der Waals surface area contributed by atoms with Crippen molar-refractivity contribution in [3.8, 4) is 5.75 Å². The minimum absolute atomic E-state index is 0.561. The first-order valence-corrected chi connectivity index (χ1v) is 6.90. The number of hydrogen-bond donors (Lipinski definition) is 0. The summed E-state index contributed by atoms with van der Waals surface area (Å²) in [6.45, 7) is 3.31. The summed E-state index contributed by atoms with van der Waals surface area (Å²) >= 11 is 0. The van der Waals surface area contributed by atoms with Gasteiger partial charge >= 0.3 is 0 Å². The molecule has 2 aromatic heterocycles. The fourth-order valence-corrected chi connectivity index (χ4v) is 2.10. The molecule has 0 fully saturated rings. The topological polar surface area (TPSA) is 39.9 Å². The smallest absolute Gasteiger partial charge is 0.123 e. The van der Waals surface area contributed by atoms with Crippen molar-refractivity contribution in [1.82, 2.24) is 14.8 Å². The zero-order valence-corrected chi connectivity index (χ0v) is 11.9. The summed E-state index contributed by atoms with van der Waals surface area (Å²) in [6.07, 6.45) is 5.51. The molecule has 0 aliphatic carbocycles. The molecule has 106 valence electrons. The molecular formula is C17H17N3O. The Morgan fingerprint density at radius 1 is 1.05 bits per heavy atom. The molecule has 1 aromatic carbocycles. The van der Waals surface area contributed by atoms with E-state index in [9.17, 15) is 0 Å². The van der Waals surface area contributed by atoms with E-state index in [1.54, 1.807) is 12.4 Å². The van der Waals surface area contributed by atoms with E-state index in [0.717, 1.165) is 23.6 Å². The van der Waals surface area contributed by atoms with Crippen LogP contribution >= 0.6 is 0 Å². The Kier molecular flexibility index (Phi) is 3.96. The lowest BCUT2D eigenvalue weighted by Crippen LogP contribution is -2.00. The van der Waals surface area contributed by atoms with E-state index >= 15 is 0 Å². The van der Waals surface area contributed by atoms with E-state index in [1.165, 1.54) is 5.56 Å². The largest absolute Gasteiger partial charge is 0.489 e. The van der Waals surface area contributed by atoms with E-state index < -0.39 is 0 Å². The highest BCUT2D eigenvalue weighted by Gasteiger charge is 1.99. The molecule has 0 aliphatic rings. The summed E-state index contributed by atoms with van der Waals surface area (Å²) in [7, 11) is 0. The number of hydrogen-bond acceptors (Lipinski definition) is 3. The van der Waals surface area contributed by atoms with E-state index in [2.05, 4.69) is 34.3 Å². The second kappa shape index (κ2) is 6.22. The van der Waals surface area contributed by atoms with Gasteiger partial charge in [0.05, 0.1) is 6.54 Å². The number of nitrogens with zero attached hydrogens (tertiary/aromatic N) is 3. The van der Waals surface area contributed by atoms with Gasteiger partial charge in [0.2, 0.25) is 0 Å². The number of benzene rings is 1. The van der Waals surface area contributed by atoms with Crippen LogP contribution in [0.5, 0.6) is 5.75 Å². The monoisotopic (exact) mass is 279 g/mol. The van der Waals surface area contributed by atoms with Crippen LogP contribution in [-0.4, -0.2) is 14.8 Å². The number of ether oxygens (including phenoxy) is 1. The molecule has 0 spiro atoms. The van der Waals surface area contributed by atoms with Crippen LogP contribution in [0.1, 0.15) is 16.8 Å². The van der Waals surface area contributed by atoms with Gasteiger partial charge in [-0.2, -0.15) is 5.10 Å².